The molecule has 0 aliphatic rings. The number of aliphatic hydroxyl groups excluding tert-OH is 1. The highest BCUT2D eigenvalue weighted by Gasteiger charge is 2.29. The smallest absolute Gasteiger partial charge is 0.309 e. The van der Waals surface area contributed by atoms with Crippen LogP contribution in [0, 0.1) is 11.8 Å². The molecular weight excluding hydrogens is 444 g/mol. The fraction of sp³-hybridized carbons (Fsp3) is 0.536. The maximum absolute atomic E-state index is 12.9. The summed E-state index contributed by atoms with van der Waals surface area (Å²) in [5.74, 6) is -1.82. The third-order valence-electron chi connectivity index (χ3n) is 5.59. The van der Waals surface area contributed by atoms with Crippen molar-refractivity contribution in [3.05, 3.63) is 61.2 Å². The van der Waals surface area contributed by atoms with Crippen LogP contribution in [0.1, 0.15) is 58.4 Å². The first-order valence-corrected chi connectivity index (χ1v) is 12.3. The third-order valence-corrected chi connectivity index (χ3v) is 5.59. The second kappa shape index (κ2) is 15.9. The molecule has 3 N–H and O–H groups in total. The standard InChI is InChI=1S/C28H42N2O5/c1-6-8-10-16-24(17-22-14-11-9-12-15-22)27(34)35-20-28(4,5)30-26(33)23(13-7-2)18-25(32)29-21(3)19-31/h6-7,9,11-12,14-15,21,23-24,31H,1-2,8,10,13,16-20H2,3-5H3,(H,29,32)(H,30,33)/t21-,23-,24+/m0/s1. The number of rotatable bonds is 17. The zero-order valence-corrected chi connectivity index (χ0v) is 21.4. The predicted octanol–water partition coefficient (Wildman–Crippen LogP) is 3.72. The summed E-state index contributed by atoms with van der Waals surface area (Å²) in [5, 5.41) is 14.7. The maximum atomic E-state index is 12.9. The number of benzene rings is 1. The number of ether oxygens (including phenoxy) is 1. The van der Waals surface area contributed by atoms with Gasteiger partial charge in [-0.15, -0.1) is 13.2 Å². The van der Waals surface area contributed by atoms with Gasteiger partial charge in [0.25, 0.3) is 0 Å². The Hall–Kier alpha value is -2.93. The molecule has 0 bridgehead atoms. The van der Waals surface area contributed by atoms with Crippen LogP contribution in [0.4, 0.5) is 0 Å². The summed E-state index contributed by atoms with van der Waals surface area (Å²) in [6.45, 7) is 12.5. The van der Waals surface area contributed by atoms with Gasteiger partial charge in [-0.2, -0.15) is 0 Å². The summed E-state index contributed by atoms with van der Waals surface area (Å²) < 4.78 is 5.65. The number of carbonyl (C=O) groups is 3. The van der Waals surface area contributed by atoms with Crippen molar-refractivity contribution in [2.45, 2.75) is 70.9 Å². The molecule has 1 aromatic rings. The molecule has 194 valence electrons. The Bertz CT molecular complexity index is 822. The second-order valence-electron chi connectivity index (χ2n) is 9.66. The van der Waals surface area contributed by atoms with Crippen molar-refractivity contribution in [1.29, 1.82) is 0 Å². The van der Waals surface area contributed by atoms with Crippen LogP contribution in [0.25, 0.3) is 0 Å². The maximum Gasteiger partial charge on any atom is 0.309 e. The van der Waals surface area contributed by atoms with E-state index in [-0.39, 0.29) is 49.4 Å². The number of allylic oxidation sites excluding steroid dienone is 2. The van der Waals surface area contributed by atoms with Crippen LogP contribution < -0.4 is 10.6 Å². The molecule has 0 aliphatic carbocycles. The average molecular weight is 487 g/mol. The SMILES string of the molecule is C=CCCC[C@H](Cc1ccccc1)C(=O)OCC(C)(C)NC(=O)[C@@H](CC=C)CC(=O)N[C@@H](C)CO. The molecule has 1 rings (SSSR count). The van der Waals surface area contributed by atoms with E-state index in [1.807, 2.05) is 36.4 Å². The molecule has 0 radical (unpaired) electrons. The molecule has 1 aromatic carbocycles. The predicted molar refractivity (Wildman–Crippen MR) is 138 cm³/mol. The minimum absolute atomic E-state index is 0.0128. The van der Waals surface area contributed by atoms with Gasteiger partial charge in [-0.25, -0.2) is 0 Å². The van der Waals surface area contributed by atoms with Crippen molar-refractivity contribution in [3.8, 4) is 0 Å². The van der Waals surface area contributed by atoms with E-state index in [0.29, 0.717) is 19.3 Å². The second-order valence-corrected chi connectivity index (χ2v) is 9.66. The molecule has 0 spiro atoms. The number of unbranched alkanes of at least 4 members (excludes halogenated alkanes) is 1. The van der Waals surface area contributed by atoms with E-state index in [0.717, 1.165) is 18.4 Å². The summed E-state index contributed by atoms with van der Waals surface area (Å²) in [4.78, 5) is 38.0. The van der Waals surface area contributed by atoms with Gasteiger partial charge in [0, 0.05) is 12.5 Å². The Labute approximate surface area is 210 Å². The van der Waals surface area contributed by atoms with E-state index < -0.39 is 11.5 Å². The van der Waals surface area contributed by atoms with Gasteiger partial charge in [0.05, 0.1) is 24.0 Å². The fourth-order valence-corrected chi connectivity index (χ4v) is 3.64. The number of carbonyl (C=O) groups excluding carboxylic acids is 3. The molecule has 0 aliphatic heterocycles. The van der Waals surface area contributed by atoms with Crippen molar-refractivity contribution >= 4 is 17.8 Å². The molecule has 0 unspecified atom stereocenters. The van der Waals surface area contributed by atoms with Gasteiger partial charge in [-0.3, -0.25) is 14.4 Å². The minimum Gasteiger partial charge on any atom is -0.463 e. The van der Waals surface area contributed by atoms with Gasteiger partial charge >= 0.3 is 5.97 Å². The Morgan fingerprint density at radius 2 is 1.80 bits per heavy atom. The highest BCUT2D eigenvalue weighted by Crippen LogP contribution is 2.19. The summed E-state index contributed by atoms with van der Waals surface area (Å²) in [6, 6.07) is 9.44. The molecule has 0 heterocycles. The van der Waals surface area contributed by atoms with E-state index in [1.165, 1.54) is 0 Å². The molecule has 2 amide bonds. The molecule has 0 aromatic heterocycles. The molecule has 0 saturated heterocycles. The first-order valence-electron chi connectivity index (χ1n) is 12.3. The molecule has 35 heavy (non-hydrogen) atoms. The van der Waals surface area contributed by atoms with E-state index in [4.69, 9.17) is 9.84 Å². The Kier molecular flexibility index (Phi) is 13.7. The molecule has 0 saturated carbocycles. The largest absolute Gasteiger partial charge is 0.463 e. The van der Waals surface area contributed by atoms with Crippen LogP contribution >= 0.6 is 0 Å². The Morgan fingerprint density at radius 3 is 2.40 bits per heavy atom. The molecule has 0 fully saturated rings. The van der Waals surface area contributed by atoms with E-state index in [9.17, 15) is 14.4 Å². The average Bonchev–Trinajstić information content (AvgIpc) is 2.82. The van der Waals surface area contributed by atoms with Gasteiger partial charge < -0.3 is 20.5 Å². The van der Waals surface area contributed by atoms with Crippen LogP contribution in [-0.2, 0) is 25.5 Å². The number of aliphatic hydroxyl groups is 1. The molecular formula is C28H42N2O5. The summed E-state index contributed by atoms with van der Waals surface area (Å²) in [5.41, 5.74) is 0.251. The van der Waals surface area contributed by atoms with Crippen LogP contribution in [0.15, 0.2) is 55.6 Å². The lowest BCUT2D eigenvalue weighted by atomic mass is 9.94. The number of esters is 1. The van der Waals surface area contributed by atoms with Crippen molar-refractivity contribution in [3.63, 3.8) is 0 Å². The van der Waals surface area contributed by atoms with Crippen molar-refractivity contribution in [2.75, 3.05) is 13.2 Å². The van der Waals surface area contributed by atoms with E-state index >= 15 is 0 Å². The quantitative estimate of drug-likeness (QED) is 0.177. The zero-order valence-electron chi connectivity index (χ0n) is 21.4. The summed E-state index contributed by atoms with van der Waals surface area (Å²) >= 11 is 0. The van der Waals surface area contributed by atoms with Gasteiger partial charge in [0.1, 0.15) is 6.61 Å². The fourth-order valence-electron chi connectivity index (χ4n) is 3.64. The van der Waals surface area contributed by atoms with Crippen LogP contribution in [0.5, 0.6) is 0 Å². The highest BCUT2D eigenvalue weighted by atomic mass is 16.5. The lowest BCUT2D eigenvalue weighted by Gasteiger charge is -2.29. The van der Waals surface area contributed by atoms with Crippen molar-refractivity contribution in [2.24, 2.45) is 11.8 Å². The van der Waals surface area contributed by atoms with Crippen LogP contribution in [-0.4, -0.2) is 47.7 Å². The lowest BCUT2D eigenvalue weighted by molar-refractivity contribution is -0.151. The van der Waals surface area contributed by atoms with Gasteiger partial charge in [-0.05, 0) is 58.4 Å². The summed E-state index contributed by atoms with van der Waals surface area (Å²) in [6.07, 6.45) is 6.69. The number of hydrogen-bond donors (Lipinski definition) is 3. The van der Waals surface area contributed by atoms with Gasteiger partial charge in [-0.1, -0.05) is 42.5 Å². The van der Waals surface area contributed by atoms with Crippen LogP contribution in [0.2, 0.25) is 0 Å². The molecule has 3 atom stereocenters. The minimum atomic E-state index is -0.820. The van der Waals surface area contributed by atoms with Gasteiger partial charge in [0.15, 0.2) is 0 Å². The molecule has 7 heteroatoms. The normalized spacial score (nSPS) is 13.7. The highest BCUT2D eigenvalue weighted by molar-refractivity contribution is 5.86. The number of nitrogens with one attached hydrogen (secondary N) is 2. The first kappa shape index (κ1) is 30.1. The lowest BCUT2D eigenvalue weighted by Crippen LogP contribution is -2.50. The third kappa shape index (κ3) is 12.4. The topological polar surface area (TPSA) is 105 Å². The first-order chi connectivity index (χ1) is 16.6. The van der Waals surface area contributed by atoms with Crippen molar-refractivity contribution < 1.29 is 24.2 Å². The zero-order chi connectivity index (χ0) is 26.3. The monoisotopic (exact) mass is 486 g/mol. The number of hydrogen-bond acceptors (Lipinski definition) is 5. The summed E-state index contributed by atoms with van der Waals surface area (Å²) in [7, 11) is 0. The molecule has 7 nitrogen and oxygen atoms in total. The van der Waals surface area contributed by atoms with E-state index in [1.54, 1.807) is 26.8 Å². The Balaban J connectivity index is 2.73. The van der Waals surface area contributed by atoms with Gasteiger partial charge in [0.2, 0.25) is 11.8 Å². The van der Waals surface area contributed by atoms with E-state index in [2.05, 4.69) is 23.8 Å². The number of amides is 2. The van der Waals surface area contributed by atoms with Crippen molar-refractivity contribution in [1.82, 2.24) is 10.6 Å². The Morgan fingerprint density at radius 1 is 1.11 bits per heavy atom. The van der Waals surface area contributed by atoms with Crippen LogP contribution in [0.3, 0.4) is 0 Å².